The van der Waals surface area contributed by atoms with Crippen LogP contribution in [0, 0.1) is 0 Å². The highest BCUT2D eigenvalue weighted by Gasteiger charge is 2.14. The Morgan fingerprint density at radius 3 is 3.00 bits per heavy atom. The summed E-state index contributed by atoms with van der Waals surface area (Å²) in [5.74, 6) is 0.886. The van der Waals surface area contributed by atoms with E-state index in [4.69, 9.17) is 0 Å². The van der Waals surface area contributed by atoms with Crippen molar-refractivity contribution in [3.8, 4) is 0 Å². The molecule has 1 aliphatic heterocycles. The minimum Gasteiger partial charge on any atom is -0.378 e. The van der Waals surface area contributed by atoms with E-state index in [0.717, 1.165) is 27.9 Å². The lowest BCUT2D eigenvalue weighted by molar-refractivity contribution is -0.109. The van der Waals surface area contributed by atoms with Gasteiger partial charge < -0.3 is 10.6 Å². The summed E-state index contributed by atoms with van der Waals surface area (Å²) in [6.45, 7) is 2.44. The molecule has 0 radical (unpaired) electrons. The fourth-order valence-corrected chi connectivity index (χ4v) is 2.36. The molecule has 0 unspecified atom stereocenters. The summed E-state index contributed by atoms with van der Waals surface area (Å²) in [7, 11) is 0. The predicted octanol–water partition coefficient (Wildman–Crippen LogP) is 0.705. The van der Waals surface area contributed by atoms with Gasteiger partial charge in [-0.05, 0) is 6.92 Å². The third-order valence-corrected chi connectivity index (χ3v) is 3.29. The van der Waals surface area contributed by atoms with E-state index in [1.54, 1.807) is 24.2 Å². The Morgan fingerprint density at radius 1 is 1.56 bits per heavy atom. The van der Waals surface area contributed by atoms with Gasteiger partial charge in [0.05, 0.1) is 41.1 Å². The monoisotopic (exact) mass is 236 g/mol. The van der Waals surface area contributed by atoms with Gasteiger partial charge in [0, 0.05) is 5.70 Å². The molecule has 0 saturated heterocycles. The molecule has 0 aromatic carbocycles. The van der Waals surface area contributed by atoms with Crippen LogP contribution in [0.5, 0.6) is 0 Å². The van der Waals surface area contributed by atoms with E-state index in [1.807, 2.05) is 6.92 Å². The summed E-state index contributed by atoms with van der Waals surface area (Å²) in [6.07, 6.45) is 4.07. The van der Waals surface area contributed by atoms with Crippen LogP contribution in [0.4, 0.5) is 0 Å². The van der Waals surface area contributed by atoms with Crippen LogP contribution >= 0.6 is 11.8 Å². The second-order valence-electron chi connectivity index (χ2n) is 3.31. The molecule has 1 aromatic heterocycles. The second kappa shape index (κ2) is 4.98. The van der Waals surface area contributed by atoms with E-state index in [0.29, 0.717) is 13.0 Å². The summed E-state index contributed by atoms with van der Waals surface area (Å²) >= 11 is 1.72. The SMILES string of the molecule is CC1=C(c2cnc(CNC=O)cn2)SCN1. The number of allylic oxidation sites excluding steroid dienone is 1. The van der Waals surface area contributed by atoms with Crippen molar-refractivity contribution in [2.45, 2.75) is 13.5 Å². The third kappa shape index (κ3) is 2.33. The van der Waals surface area contributed by atoms with E-state index in [2.05, 4.69) is 20.6 Å². The lowest BCUT2D eigenvalue weighted by atomic mass is 10.3. The Morgan fingerprint density at radius 2 is 2.44 bits per heavy atom. The van der Waals surface area contributed by atoms with Crippen molar-refractivity contribution in [1.29, 1.82) is 0 Å². The first-order valence-electron chi connectivity index (χ1n) is 4.87. The zero-order chi connectivity index (χ0) is 11.4. The maximum atomic E-state index is 10.1. The summed E-state index contributed by atoms with van der Waals surface area (Å²) in [5.41, 5.74) is 2.77. The molecular weight excluding hydrogens is 224 g/mol. The highest BCUT2D eigenvalue weighted by Crippen LogP contribution is 2.31. The molecule has 0 bridgehead atoms. The Kier molecular flexibility index (Phi) is 3.40. The van der Waals surface area contributed by atoms with Crippen molar-refractivity contribution in [3.63, 3.8) is 0 Å². The smallest absolute Gasteiger partial charge is 0.207 e. The Hall–Kier alpha value is -1.56. The average molecular weight is 236 g/mol. The number of hydrogen-bond donors (Lipinski definition) is 2. The Balaban J connectivity index is 2.13. The van der Waals surface area contributed by atoms with Gasteiger partial charge >= 0.3 is 0 Å². The fraction of sp³-hybridized carbons (Fsp3) is 0.300. The largest absolute Gasteiger partial charge is 0.378 e. The molecule has 0 spiro atoms. The first kappa shape index (κ1) is 10.9. The lowest BCUT2D eigenvalue weighted by Crippen LogP contribution is -2.11. The predicted molar refractivity (Wildman–Crippen MR) is 63.1 cm³/mol. The highest BCUT2D eigenvalue weighted by molar-refractivity contribution is 8.08. The van der Waals surface area contributed by atoms with Crippen molar-refractivity contribution in [1.82, 2.24) is 20.6 Å². The number of carbonyl (C=O) groups is 1. The number of nitrogens with one attached hydrogen (secondary N) is 2. The molecule has 16 heavy (non-hydrogen) atoms. The van der Waals surface area contributed by atoms with Gasteiger partial charge in [0.2, 0.25) is 6.41 Å². The Bertz CT molecular complexity index is 415. The molecule has 5 nitrogen and oxygen atoms in total. The summed E-state index contributed by atoms with van der Waals surface area (Å²) in [4.78, 5) is 19.8. The van der Waals surface area contributed by atoms with Gasteiger partial charge in [-0.2, -0.15) is 0 Å². The summed E-state index contributed by atoms with van der Waals surface area (Å²) < 4.78 is 0. The number of thioether (sulfide) groups is 1. The van der Waals surface area contributed by atoms with Crippen LogP contribution in [0.3, 0.4) is 0 Å². The minimum atomic E-state index is 0.417. The van der Waals surface area contributed by atoms with Crippen molar-refractivity contribution in [2.75, 3.05) is 5.88 Å². The molecule has 2 N–H and O–H groups in total. The highest BCUT2D eigenvalue weighted by atomic mass is 32.2. The maximum absolute atomic E-state index is 10.1. The third-order valence-electron chi connectivity index (χ3n) is 2.20. The normalized spacial score (nSPS) is 14.8. The van der Waals surface area contributed by atoms with Gasteiger partial charge in [-0.3, -0.25) is 14.8 Å². The van der Waals surface area contributed by atoms with Crippen LogP contribution in [-0.4, -0.2) is 22.3 Å². The lowest BCUT2D eigenvalue weighted by Gasteiger charge is -2.03. The first-order valence-corrected chi connectivity index (χ1v) is 5.85. The quantitative estimate of drug-likeness (QED) is 0.753. The van der Waals surface area contributed by atoms with Gasteiger partial charge in [-0.25, -0.2) is 0 Å². The Labute approximate surface area is 97.7 Å². The standard InChI is InChI=1S/C10H12N4OS/c1-7-10(16-6-14-7)9-4-12-8(3-13-9)2-11-5-15/h3-5,14H,2,6H2,1H3,(H,11,15). The molecule has 1 amide bonds. The van der Waals surface area contributed by atoms with Gasteiger partial charge in [0.1, 0.15) is 0 Å². The zero-order valence-electron chi connectivity index (χ0n) is 8.86. The van der Waals surface area contributed by atoms with Crippen LogP contribution in [0.15, 0.2) is 18.1 Å². The topological polar surface area (TPSA) is 66.9 Å². The van der Waals surface area contributed by atoms with E-state index < -0.39 is 0 Å². The molecule has 2 heterocycles. The van der Waals surface area contributed by atoms with Gasteiger partial charge in [0.25, 0.3) is 0 Å². The van der Waals surface area contributed by atoms with E-state index in [-0.39, 0.29) is 0 Å². The molecule has 0 fully saturated rings. The summed E-state index contributed by atoms with van der Waals surface area (Å²) in [5, 5.41) is 5.78. The number of rotatable bonds is 4. The number of carbonyl (C=O) groups excluding carboxylic acids is 1. The van der Waals surface area contributed by atoms with Crippen LogP contribution in [0.2, 0.25) is 0 Å². The number of amides is 1. The molecule has 1 aliphatic rings. The molecule has 6 heteroatoms. The number of hydrogen-bond acceptors (Lipinski definition) is 5. The number of nitrogens with zero attached hydrogens (tertiary/aromatic N) is 2. The van der Waals surface area contributed by atoms with E-state index in [1.165, 1.54) is 0 Å². The molecule has 84 valence electrons. The molecule has 0 atom stereocenters. The molecule has 2 rings (SSSR count). The first-order chi connectivity index (χ1) is 7.81. The molecule has 0 aliphatic carbocycles. The van der Waals surface area contributed by atoms with Crippen molar-refractivity contribution < 1.29 is 4.79 Å². The van der Waals surface area contributed by atoms with Crippen molar-refractivity contribution >= 4 is 23.1 Å². The van der Waals surface area contributed by atoms with Crippen LogP contribution in [0.1, 0.15) is 18.3 Å². The molecule has 0 saturated carbocycles. The summed E-state index contributed by atoms with van der Waals surface area (Å²) in [6, 6.07) is 0. The van der Waals surface area contributed by atoms with E-state index >= 15 is 0 Å². The average Bonchev–Trinajstić information content (AvgIpc) is 2.74. The molecular formula is C10H12N4OS. The van der Waals surface area contributed by atoms with Crippen molar-refractivity contribution in [2.24, 2.45) is 0 Å². The minimum absolute atomic E-state index is 0.417. The van der Waals surface area contributed by atoms with Crippen LogP contribution in [0.25, 0.3) is 4.91 Å². The maximum Gasteiger partial charge on any atom is 0.207 e. The zero-order valence-corrected chi connectivity index (χ0v) is 9.67. The van der Waals surface area contributed by atoms with Crippen LogP contribution in [-0.2, 0) is 11.3 Å². The molecule has 1 aromatic rings. The van der Waals surface area contributed by atoms with Gasteiger partial charge in [0.15, 0.2) is 0 Å². The van der Waals surface area contributed by atoms with Crippen LogP contribution < -0.4 is 10.6 Å². The second-order valence-corrected chi connectivity index (χ2v) is 4.30. The van der Waals surface area contributed by atoms with Crippen molar-refractivity contribution in [3.05, 3.63) is 29.5 Å². The number of aromatic nitrogens is 2. The van der Waals surface area contributed by atoms with Gasteiger partial charge in [-0.1, -0.05) is 0 Å². The van der Waals surface area contributed by atoms with Gasteiger partial charge in [-0.15, -0.1) is 11.8 Å². The van der Waals surface area contributed by atoms with E-state index in [9.17, 15) is 4.79 Å². The fourth-order valence-electron chi connectivity index (χ4n) is 1.38.